The van der Waals surface area contributed by atoms with E-state index in [4.69, 9.17) is 20.2 Å². The lowest BCUT2D eigenvalue weighted by Crippen LogP contribution is -2.39. The third-order valence-electron chi connectivity index (χ3n) is 4.26. The van der Waals surface area contributed by atoms with E-state index in [9.17, 15) is 4.79 Å². The minimum absolute atomic E-state index is 0.146. The average Bonchev–Trinajstić information content (AvgIpc) is 3.02. The molecule has 5 nitrogen and oxygen atoms in total. The second-order valence-electron chi connectivity index (χ2n) is 7.37. The van der Waals surface area contributed by atoms with Crippen molar-refractivity contribution in [1.29, 1.82) is 0 Å². The van der Waals surface area contributed by atoms with Gasteiger partial charge in [0.05, 0.1) is 24.2 Å². The number of esters is 1. The van der Waals surface area contributed by atoms with Crippen molar-refractivity contribution >= 4 is 39.8 Å². The maximum Gasteiger partial charge on any atom is 0.312 e. The molecule has 0 spiro atoms. The van der Waals surface area contributed by atoms with Crippen LogP contribution in [0.3, 0.4) is 0 Å². The van der Waals surface area contributed by atoms with E-state index in [-0.39, 0.29) is 18.5 Å². The number of ether oxygens (including phenoxy) is 2. The Kier molecular flexibility index (Phi) is 4.70. The van der Waals surface area contributed by atoms with Crippen LogP contribution in [-0.4, -0.2) is 35.1 Å². The highest BCUT2D eigenvalue weighted by Crippen LogP contribution is 2.50. The van der Waals surface area contributed by atoms with E-state index < -0.39 is 11.1 Å². The second-order valence-corrected chi connectivity index (χ2v) is 9.38. The fraction of sp³-hybridized carbons (Fsp3) is 0.647. The number of aliphatic imine (C=N–C) groups is 1. The van der Waals surface area contributed by atoms with Gasteiger partial charge >= 0.3 is 5.97 Å². The maximum atomic E-state index is 12.2. The molecule has 3 heterocycles. The number of thioether (sulfide) groups is 1. The average molecular weight is 369 g/mol. The number of hydrogen-bond acceptors (Lipinski definition) is 7. The summed E-state index contributed by atoms with van der Waals surface area (Å²) in [5.74, 6) is 0.948. The summed E-state index contributed by atoms with van der Waals surface area (Å²) < 4.78 is 11.4. The van der Waals surface area contributed by atoms with Crippen molar-refractivity contribution in [2.45, 2.75) is 51.4 Å². The molecule has 0 saturated carbocycles. The van der Waals surface area contributed by atoms with Crippen LogP contribution in [0, 0.1) is 5.92 Å². The van der Waals surface area contributed by atoms with Crippen LogP contribution in [0.4, 0.5) is 5.69 Å². The number of carbonyl (C=O) groups excluding carboxylic acids is 1. The molecule has 1 saturated heterocycles. The van der Waals surface area contributed by atoms with Crippen molar-refractivity contribution in [3.63, 3.8) is 0 Å². The van der Waals surface area contributed by atoms with Crippen LogP contribution >= 0.6 is 23.1 Å². The smallest absolute Gasteiger partial charge is 0.312 e. The van der Waals surface area contributed by atoms with Crippen molar-refractivity contribution in [2.24, 2.45) is 10.9 Å². The third-order valence-corrected chi connectivity index (χ3v) is 6.47. The molecular formula is C17H24N2O3S2. The molecule has 2 N–H and O–H groups in total. The Labute approximate surface area is 151 Å². The molecule has 0 radical (unpaired) electrons. The lowest BCUT2D eigenvalue weighted by atomic mass is 9.84. The molecule has 3 rings (SSSR count). The Bertz CT molecular complexity index is 665. The molecule has 24 heavy (non-hydrogen) atoms. The van der Waals surface area contributed by atoms with Gasteiger partial charge in [0.1, 0.15) is 11.1 Å². The number of anilines is 1. The summed E-state index contributed by atoms with van der Waals surface area (Å²) in [4.78, 5) is 18.3. The Morgan fingerprint density at radius 1 is 1.54 bits per heavy atom. The number of nitrogens with two attached hydrogens (primary N) is 1. The van der Waals surface area contributed by atoms with E-state index in [2.05, 4.69) is 6.92 Å². The summed E-state index contributed by atoms with van der Waals surface area (Å²) in [6, 6.07) is 1.99. The van der Waals surface area contributed by atoms with Gasteiger partial charge in [-0.2, -0.15) is 0 Å². The molecule has 0 amide bonds. The summed E-state index contributed by atoms with van der Waals surface area (Å²) in [6.07, 6.45) is 0.360. The minimum atomic E-state index is -0.482. The Balaban J connectivity index is 1.87. The van der Waals surface area contributed by atoms with Crippen LogP contribution in [0.1, 0.15) is 39.0 Å². The molecule has 132 valence electrons. The summed E-state index contributed by atoms with van der Waals surface area (Å²) in [7, 11) is 0. The number of nitrogens with zero attached hydrogens (tertiary/aromatic N) is 1. The fourth-order valence-electron chi connectivity index (χ4n) is 3.18. The summed E-state index contributed by atoms with van der Waals surface area (Å²) in [6.45, 7) is 8.26. The number of carbonyl (C=O) groups is 1. The van der Waals surface area contributed by atoms with Crippen LogP contribution in [-0.2, 0) is 19.8 Å². The van der Waals surface area contributed by atoms with Crippen molar-refractivity contribution in [1.82, 2.24) is 0 Å². The van der Waals surface area contributed by atoms with E-state index in [1.807, 2.05) is 32.2 Å². The second kappa shape index (κ2) is 6.35. The van der Waals surface area contributed by atoms with Gasteiger partial charge in [-0.05, 0) is 33.8 Å². The van der Waals surface area contributed by atoms with Gasteiger partial charge in [0.15, 0.2) is 0 Å². The third kappa shape index (κ3) is 3.48. The molecule has 1 aromatic heterocycles. The first-order valence-electron chi connectivity index (χ1n) is 8.09. The van der Waals surface area contributed by atoms with E-state index in [1.54, 1.807) is 23.1 Å². The molecule has 2 aliphatic rings. The maximum absolute atomic E-state index is 12.2. The molecule has 1 fully saturated rings. The van der Waals surface area contributed by atoms with Gasteiger partial charge in [-0.3, -0.25) is 9.79 Å². The molecule has 0 aliphatic carbocycles. The SMILES string of the molecule is C[C@H]1OC[C@]2(c3cc(N)cs3)N=C(CC(=O)OC(C)(C)C)SC[C@H]12. The van der Waals surface area contributed by atoms with Crippen molar-refractivity contribution in [3.05, 3.63) is 16.3 Å². The van der Waals surface area contributed by atoms with Gasteiger partial charge in [-0.1, -0.05) is 0 Å². The molecule has 0 unspecified atom stereocenters. The van der Waals surface area contributed by atoms with E-state index in [1.165, 1.54) is 0 Å². The standard InChI is InChI=1S/C17H24N2O3S2/c1-10-12-8-24-14(6-15(20)22-16(2,3)4)19-17(12,9-21-10)13-5-11(18)7-23-13/h5,7,10,12H,6,8-9,18H2,1-4H3/t10-,12-,17+/m1/s1. The highest BCUT2D eigenvalue weighted by molar-refractivity contribution is 8.14. The molecule has 0 aromatic carbocycles. The highest BCUT2D eigenvalue weighted by atomic mass is 32.2. The van der Waals surface area contributed by atoms with Crippen molar-refractivity contribution in [2.75, 3.05) is 18.1 Å². The zero-order chi connectivity index (χ0) is 17.5. The molecule has 0 bridgehead atoms. The monoisotopic (exact) mass is 368 g/mol. The number of hydrogen-bond donors (Lipinski definition) is 1. The highest BCUT2D eigenvalue weighted by Gasteiger charge is 2.52. The zero-order valence-corrected chi connectivity index (χ0v) is 16.1. The Hall–Kier alpha value is -1.05. The van der Waals surface area contributed by atoms with Crippen molar-refractivity contribution < 1.29 is 14.3 Å². The number of thiophene rings is 1. The number of fused-ring (bicyclic) bond motifs is 1. The lowest BCUT2D eigenvalue weighted by Gasteiger charge is -2.35. The largest absolute Gasteiger partial charge is 0.460 e. The fourth-order valence-corrected chi connectivity index (χ4v) is 5.54. The van der Waals surface area contributed by atoms with Crippen LogP contribution in [0.5, 0.6) is 0 Å². The first-order valence-corrected chi connectivity index (χ1v) is 9.95. The van der Waals surface area contributed by atoms with Crippen LogP contribution in [0.2, 0.25) is 0 Å². The topological polar surface area (TPSA) is 73.9 Å². The predicted molar refractivity (Wildman–Crippen MR) is 99.7 cm³/mol. The Morgan fingerprint density at radius 3 is 2.92 bits per heavy atom. The first-order chi connectivity index (χ1) is 11.2. The van der Waals surface area contributed by atoms with Gasteiger partial charge in [0.2, 0.25) is 0 Å². The zero-order valence-electron chi connectivity index (χ0n) is 14.5. The van der Waals surface area contributed by atoms with Gasteiger partial charge < -0.3 is 15.2 Å². The first kappa shape index (κ1) is 17.8. The van der Waals surface area contributed by atoms with Gasteiger partial charge in [-0.25, -0.2) is 0 Å². The summed E-state index contributed by atoms with van der Waals surface area (Å²) in [5.41, 5.74) is 5.79. The molecule has 7 heteroatoms. The quantitative estimate of drug-likeness (QED) is 0.827. The van der Waals surface area contributed by atoms with E-state index in [0.717, 1.165) is 21.4 Å². The van der Waals surface area contributed by atoms with Crippen molar-refractivity contribution in [3.8, 4) is 0 Å². The minimum Gasteiger partial charge on any atom is -0.460 e. The summed E-state index contributed by atoms with van der Waals surface area (Å²) >= 11 is 3.26. The van der Waals surface area contributed by atoms with Gasteiger partial charge in [-0.15, -0.1) is 23.1 Å². The predicted octanol–water partition coefficient (Wildman–Crippen LogP) is 3.44. The van der Waals surface area contributed by atoms with Crippen LogP contribution < -0.4 is 5.73 Å². The van der Waals surface area contributed by atoms with Gasteiger partial charge in [0, 0.05) is 27.6 Å². The van der Waals surface area contributed by atoms with E-state index >= 15 is 0 Å². The molecule has 2 aliphatic heterocycles. The van der Waals surface area contributed by atoms with E-state index in [0.29, 0.717) is 12.5 Å². The lowest BCUT2D eigenvalue weighted by molar-refractivity contribution is -0.153. The Morgan fingerprint density at radius 2 is 2.29 bits per heavy atom. The van der Waals surface area contributed by atoms with Crippen LogP contribution in [0.15, 0.2) is 16.4 Å². The molecule has 1 aromatic rings. The van der Waals surface area contributed by atoms with Gasteiger partial charge in [0.25, 0.3) is 0 Å². The normalized spacial score (nSPS) is 29.9. The molecular weight excluding hydrogens is 344 g/mol. The number of nitrogen functional groups attached to an aromatic ring is 1. The molecule has 3 atom stereocenters. The van der Waals surface area contributed by atoms with Crippen LogP contribution in [0.25, 0.3) is 0 Å². The summed E-state index contributed by atoms with van der Waals surface area (Å²) in [5, 5.41) is 2.76. The number of rotatable bonds is 3.